The van der Waals surface area contributed by atoms with Crippen molar-refractivity contribution in [2.24, 2.45) is 0 Å². The summed E-state index contributed by atoms with van der Waals surface area (Å²) in [7, 11) is 0.367. The van der Waals surface area contributed by atoms with Crippen LogP contribution in [-0.2, 0) is 10.0 Å². The highest BCUT2D eigenvalue weighted by Gasteiger charge is 2.29. The van der Waals surface area contributed by atoms with Gasteiger partial charge in [-0.2, -0.15) is 4.31 Å². The van der Waals surface area contributed by atoms with Crippen LogP contribution in [0.4, 0.5) is 11.6 Å². The van der Waals surface area contributed by atoms with Crippen LogP contribution in [-0.4, -0.2) is 55.9 Å². The summed E-state index contributed by atoms with van der Waals surface area (Å²) < 4.78 is 27.0. The standard InChI is InChI=1S/C17H22ClN5O2S/c1-22(2)17-11-16(19-12-20-17)21-14-7-9-23(10-8-14)26(24,25)15-5-3-13(18)4-6-15/h3-6,11-12,14H,7-10H2,1-2H3,(H,19,20,21). The molecule has 2 heterocycles. The van der Waals surface area contributed by atoms with Gasteiger partial charge in [0.25, 0.3) is 0 Å². The van der Waals surface area contributed by atoms with Gasteiger partial charge in [0.2, 0.25) is 10.0 Å². The normalized spacial score (nSPS) is 16.4. The van der Waals surface area contributed by atoms with Crippen molar-refractivity contribution in [3.05, 3.63) is 41.7 Å². The number of nitrogens with zero attached hydrogens (tertiary/aromatic N) is 4. The zero-order valence-corrected chi connectivity index (χ0v) is 16.3. The van der Waals surface area contributed by atoms with Crippen molar-refractivity contribution in [1.29, 1.82) is 0 Å². The van der Waals surface area contributed by atoms with Gasteiger partial charge < -0.3 is 10.2 Å². The summed E-state index contributed by atoms with van der Waals surface area (Å²) in [5.74, 6) is 1.58. The molecule has 9 heteroatoms. The summed E-state index contributed by atoms with van der Waals surface area (Å²) in [6.45, 7) is 0.933. The maximum absolute atomic E-state index is 12.7. The largest absolute Gasteiger partial charge is 0.367 e. The summed E-state index contributed by atoms with van der Waals surface area (Å²) in [4.78, 5) is 10.6. The fourth-order valence-corrected chi connectivity index (χ4v) is 4.47. The summed E-state index contributed by atoms with van der Waals surface area (Å²) in [5, 5.41) is 3.90. The Bertz CT molecular complexity index is 850. The fourth-order valence-electron chi connectivity index (χ4n) is 2.88. The summed E-state index contributed by atoms with van der Waals surface area (Å²) in [6.07, 6.45) is 2.96. The molecule has 0 atom stereocenters. The van der Waals surface area contributed by atoms with Gasteiger partial charge in [0.05, 0.1) is 4.90 Å². The smallest absolute Gasteiger partial charge is 0.243 e. The zero-order chi connectivity index (χ0) is 18.7. The van der Waals surface area contributed by atoms with E-state index in [1.54, 1.807) is 24.3 Å². The Kier molecular flexibility index (Phi) is 5.64. The average molecular weight is 396 g/mol. The van der Waals surface area contributed by atoms with Crippen LogP contribution in [0.1, 0.15) is 12.8 Å². The molecule has 0 amide bonds. The van der Waals surface area contributed by atoms with Crippen LogP contribution in [0.5, 0.6) is 0 Å². The molecule has 2 aromatic rings. The molecular formula is C17H22ClN5O2S. The minimum Gasteiger partial charge on any atom is -0.367 e. The van der Waals surface area contributed by atoms with E-state index in [0.29, 0.717) is 31.0 Å². The molecule has 0 aliphatic carbocycles. The van der Waals surface area contributed by atoms with E-state index in [-0.39, 0.29) is 10.9 Å². The molecule has 1 N–H and O–H groups in total. The summed E-state index contributed by atoms with van der Waals surface area (Å²) in [5.41, 5.74) is 0. The minimum absolute atomic E-state index is 0.177. The summed E-state index contributed by atoms with van der Waals surface area (Å²) >= 11 is 5.84. The van der Waals surface area contributed by atoms with Gasteiger partial charge in [-0.15, -0.1) is 0 Å². The molecule has 0 saturated carbocycles. The van der Waals surface area contributed by atoms with Gasteiger partial charge in [0.1, 0.15) is 18.0 Å². The Morgan fingerprint density at radius 2 is 1.81 bits per heavy atom. The Balaban J connectivity index is 1.62. The summed E-state index contributed by atoms with van der Waals surface area (Å²) in [6, 6.07) is 8.35. The number of rotatable bonds is 5. The van der Waals surface area contributed by atoms with E-state index >= 15 is 0 Å². The SMILES string of the molecule is CN(C)c1cc(NC2CCN(S(=O)(=O)c3ccc(Cl)cc3)CC2)ncn1. The van der Waals surface area contributed by atoms with E-state index in [1.807, 2.05) is 25.1 Å². The van der Waals surface area contributed by atoms with Crippen molar-refractivity contribution in [1.82, 2.24) is 14.3 Å². The van der Waals surface area contributed by atoms with Crippen LogP contribution in [0.3, 0.4) is 0 Å². The Morgan fingerprint density at radius 1 is 1.15 bits per heavy atom. The van der Waals surface area contributed by atoms with Gasteiger partial charge >= 0.3 is 0 Å². The van der Waals surface area contributed by atoms with Crippen LogP contribution in [0.2, 0.25) is 5.02 Å². The number of halogens is 1. The van der Waals surface area contributed by atoms with Gasteiger partial charge in [0, 0.05) is 44.3 Å². The molecule has 1 aliphatic heterocycles. The molecule has 1 aromatic heterocycles. The third kappa shape index (κ3) is 4.25. The monoisotopic (exact) mass is 395 g/mol. The number of hydrogen-bond donors (Lipinski definition) is 1. The maximum Gasteiger partial charge on any atom is 0.243 e. The number of sulfonamides is 1. The lowest BCUT2D eigenvalue weighted by Gasteiger charge is -2.32. The van der Waals surface area contributed by atoms with Crippen LogP contribution in [0.15, 0.2) is 41.6 Å². The molecule has 1 aliphatic rings. The first-order valence-electron chi connectivity index (χ1n) is 8.38. The van der Waals surface area contributed by atoms with E-state index in [4.69, 9.17) is 11.6 Å². The Hall–Kier alpha value is -1.90. The molecule has 140 valence electrons. The topological polar surface area (TPSA) is 78.4 Å². The fraction of sp³-hybridized carbons (Fsp3) is 0.412. The van der Waals surface area contributed by atoms with Gasteiger partial charge in [-0.05, 0) is 37.1 Å². The number of hydrogen-bond acceptors (Lipinski definition) is 6. The lowest BCUT2D eigenvalue weighted by Crippen LogP contribution is -2.42. The highest BCUT2D eigenvalue weighted by atomic mass is 35.5. The lowest BCUT2D eigenvalue weighted by atomic mass is 10.1. The molecule has 7 nitrogen and oxygen atoms in total. The van der Waals surface area contributed by atoms with E-state index in [9.17, 15) is 8.42 Å². The van der Waals surface area contributed by atoms with Crippen LogP contribution < -0.4 is 10.2 Å². The van der Waals surface area contributed by atoms with Crippen molar-refractivity contribution < 1.29 is 8.42 Å². The number of piperidine rings is 1. The number of anilines is 2. The minimum atomic E-state index is -3.48. The third-order valence-electron chi connectivity index (χ3n) is 4.37. The maximum atomic E-state index is 12.7. The second-order valence-corrected chi connectivity index (χ2v) is 8.81. The van der Waals surface area contributed by atoms with Gasteiger partial charge in [0.15, 0.2) is 0 Å². The molecule has 1 aromatic carbocycles. The van der Waals surface area contributed by atoms with Crippen LogP contribution in [0.25, 0.3) is 0 Å². The average Bonchev–Trinajstić information content (AvgIpc) is 2.63. The lowest BCUT2D eigenvalue weighted by molar-refractivity contribution is 0.329. The van der Waals surface area contributed by atoms with Gasteiger partial charge in [-0.3, -0.25) is 0 Å². The molecule has 0 spiro atoms. The van der Waals surface area contributed by atoms with Crippen molar-refractivity contribution in [3.8, 4) is 0 Å². The number of aromatic nitrogens is 2. The Labute approximate surface area is 159 Å². The van der Waals surface area contributed by atoms with Crippen LogP contribution >= 0.6 is 11.6 Å². The zero-order valence-electron chi connectivity index (χ0n) is 14.8. The van der Waals surface area contributed by atoms with Crippen molar-refractivity contribution in [2.75, 3.05) is 37.4 Å². The quantitative estimate of drug-likeness (QED) is 0.837. The van der Waals surface area contributed by atoms with Crippen molar-refractivity contribution in [3.63, 3.8) is 0 Å². The Morgan fingerprint density at radius 3 is 2.42 bits per heavy atom. The van der Waals surface area contributed by atoms with Crippen molar-refractivity contribution >= 4 is 33.3 Å². The van der Waals surface area contributed by atoms with E-state index in [0.717, 1.165) is 11.6 Å². The van der Waals surface area contributed by atoms with E-state index in [2.05, 4.69) is 15.3 Å². The van der Waals surface area contributed by atoms with Crippen LogP contribution in [0, 0.1) is 0 Å². The molecule has 1 saturated heterocycles. The number of nitrogens with one attached hydrogen (secondary N) is 1. The molecule has 0 radical (unpaired) electrons. The molecular weight excluding hydrogens is 374 g/mol. The van der Waals surface area contributed by atoms with E-state index < -0.39 is 10.0 Å². The molecule has 3 rings (SSSR count). The first kappa shape index (κ1) is 18.9. The highest BCUT2D eigenvalue weighted by Crippen LogP contribution is 2.24. The number of benzene rings is 1. The third-order valence-corrected chi connectivity index (χ3v) is 6.53. The van der Waals surface area contributed by atoms with E-state index in [1.165, 1.54) is 10.6 Å². The second kappa shape index (κ2) is 7.77. The molecule has 26 heavy (non-hydrogen) atoms. The predicted molar refractivity (Wildman–Crippen MR) is 103 cm³/mol. The van der Waals surface area contributed by atoms with Crippen molar-refractivity contribution in [2.45, 2.75) is 23.8 Å². The second-order valence-electron chi connectivity index (χ2n) is 6.43. The first-order chi connectivity index (χ1) is 12.4. The van der Waals surface area contributed by atoms with Gasteiger partial charge in [-0.25, -0.2) is 18.4 Å². The van der Waals surface area contributed by atoms with Gasteiger partial charge in [-0.1, -0.05) is 11.6 Å². The molecule has 0 bridgehead atoms. The first-order valence-corrected chi connectivity index (χ1v) is 10.2. The molecule has 1 fully saturated rings. The predicted octanol–water partition coefficient (Wildman–Crippen LogP) is 2.46. The highest BCUT2D eigenvalue weighted by molar-refractivity contribution is 7.89. The molecule has 0 unspecified atom stereocenters.